The molecule has 5 fully saturated rings. The molecule has 1 aliphatic heterocycles. The molecule has 3 heteroatoms. The van der Waals surface area contributed by atoms with Crippen molar-refractivity contribution in [2.24, 2.45) is 34.5 Å². The first-order chi connectivity index (χ1) is 11.9. The van der Waals surface area contributed by atoms with E-state index in [1.807, 2.05) is 0 Å². The van der Waals surface area contributed by atoms with Crippen LogP contribution in [0.15, 0.2) is 0 Å². The second-order valence-electron chi connectivity index (χ2n) is 10.6. The van der Waals surface area contributed by atoms with E-state index in [4.69, 9.17) is 9.47 Å². The van der Waals surface area contributed by atoms with Crippen LogP contribution in [0.2, 0.25) is 0 Å². The van der Waals surface area contributed by atoms with Crippen LogP contribution in [-0.4, -0.2) is 24.3 Å². The Labute approximate surface area is 152 Å². The van der Waals surface area contributed by atoms with Gasteiger partial charge in [0.2, 0.25) is 0 Å². The molecule has 8 atom stereocenters. The Bertz CT molecular complexity index is 582. The van der Waals surface area contributed by atoms with E-state index in [2.05, 4.69) is 13.8 Å². The van der Waals surface area contributed by atoms with Crippen molar-refractivity contribution in [3.8, 4) is 0 Å². The molecule has 4 saturated carbocycles. The van der Waals surface area contributed by atoms with Crippen LogP contribution in [0, 0.1) is 34.5 Å². The van der Waals surface area contributed by atoms with Gasteiger partial charge in [0, 0.05) is 12.3 Å². The van der Waals surface area contributed by atoms with Gasteiger partial charge in [-0.2, -0.15) is 0 Å². The lowest BCUT2D eigenvalue weighted by Crippen LogP contribution is -2.55. The first kappa shape index (κ1) is 16.6. The van der Waals surface area contributed by atoms with Gasteiger partial charge in [-0.1, -0.05) is 13.8 Å². The average Bonchev–Trinajstić information content (AvgIpc) is 3.24. The van der Waals surface area contributed by atoms with Crippen LogP contribution in [0.4, 0.5) is 0 Å². The summed E-state index contributed by atoms with van der Waals surface area (Å²) in [5, 5.41) is 0. The van der Waals surface area contributed by atoms with Gasteiger partial charge in [0.05, 0.1) is 12.2 Å². The highest BCUT2D eigenvalue weighted by Crippen LogP contribution is 2.68. The zero-order chi connectivity index (χ0) is 17.4. The van der Waals surface area contributed by atoms with E-state index in [0.29, 0.717) is 11.0 Å². The molecular weight excluding hydrogens is 312 g/mol. The summed E-state index contributed by atoms with van der Waals surface area (Å²) in [5.74, 6) is 3.29. The third-order valence-electron chi connectivity index (χ3n) is 9.58. The van der Waals surface area contributed by atoms with Crippen molar-refractivity contribution in [2.75, 3.05) is 6.61 Å². The summed E-state index contributed by atoms with van der Waals surface area (Å²) in [4.78, 5) is 11.6. The van der Waals surface area contributed by atoms with Gasteiger partial charge < -0.3 is 9.47 Å². The first-order valence-corrected chi connectivity index (χ1v) is 10.7. The maximum absolute atomic E-state index is 11.6. The molecule has 0 amide bonds. The van der Waals surface area contributed by atoms with Crippen molar-refractivity contribution in [3.63, 3.8) is 0 Å². The third kappa shape index (κ3) is 2.30. The molecule has 0 aromatic heterocycles. The Morgan fingerprint density at radius 2 is 1.72 bits per heavy atom. The summed E-state index contributed by atoms with van der Waals surface area (Å²) in [7, 11) is 0. The fraction of sp³-hybridized carbons (Fsp3) is 0.955. The van der Waals surface area contributed by atoms with Crippen LogP contribution in [0.3, 0.4) is 0 Å². The lowest BCUT2D eigenvalue weighted by atomic mass is 9.44. The van der Waals surface area contributed by atoms with Crippen LogP contribution < -0.4 is 0 Å². The van der Waals surface area contributed by atoms with Gasteiger partial charge in [0.25, 0.3) is 0 Å². The normalized spacial score (nSPS) is 56.7. The zero-order valence-corrected chi connectivity index (χ0v) is 16.2. The fourth-order valence-electron chi connectivity index (χ4n) is 8.02. The fourth-order valence-corrected chi connectivity index (χ4v) is 8.02. The Morgan fingerprint density at radius 1 is 0.960 bits per heavy atom. The molecule has 4 aliphatic carbocycles. The van der Waals surface area contributed by atoms with Gasteiger partial charge in [-0.3, -0.25) is 4.79 Å². The lowest BCUT2D eigenvalue weighted by molar-refractivity contribution is -0.162. The van der Waals surface area contributed by atoms with Gasteiger partial charge >= 0.3 is 5.97 Å². The average molecular weight is 347 g/mol. The number of ether oxygens (including phenoxy) is 2. The minimum absolute atomic E-state index is 0.0910. The summed E-state index contributed by atoms with van der Waals surface area (Å²) in [6.45, 7) is 7.65. The topological polar surface area (TPSA) is 38.8 Å². The summed E-state index contributed by atoms with van der Waals surface area (Å²) < 4.78 is 11.6. The molecule has 8 unspecified atom stereocenters. The summed E-state index contributed by atoms with van der Waals surface area (Å²) in [6.07, 6.45) is 11.9. The molecule has 0 aromatic carbocycles. The molecule has 1 spiro atoms. The van der Waals surface area contributed by atoms with Crippen molar-refractivity contribution in [3.05, 3.63) is 0 Å². The maximum Gasteiger partial charge on any atom is 0.302 e. The number of hydrogen-bond donors (Lipinski definition) is 0. The largest absolute Gasteiger partial charge is 0.462 e. The zero-order valence-electron chi connectivity index (χ0n) is 16.2. The van der Waals surface area contributed by atoms with Crippen molar-refractivity contribution >= 4 is 5.97 Å². The molecule has 25 heavy (non-hydrogen) atoms. The summed E-state index contributed by atoms with van der Waals surface area (Å²) in [6, 6.07) is 0. The number of epoxide rings is 1. The minimum Gasteiger partial charge on any atom is -0.462 e. The summed E-state index contributed by atoms with van der Waals surface area (Å²) in [5.41, 5.74) is 1.06. The van der Waals surface area contributed by atoms with Gasteiger partial charge in [0.1, 0.15) is 6.10 Å². The lowest BCUT2D eigenvalue weighted by Gasteiger charge is -2.60. The van der Waals surface area contributed by atoms with Gasteiger partial charge in [0.15, 0.2) is 0 Å². The number of hydrogen-bond acceptors (Lipinski definition) is 3. The molecule has 5 aliphatic rings. The number of esters is 1. The third-order valence-corrected chi connectivity index (χ3v) is 9.58. The quantitative estimate of drug-likeness (QED) is 0.509. The maximum atomic E-state index is 11.6. The van der Waals surface area contributed by atoms with Gasteiger partial charge in [-0.15, -0.1) is 0 Å². The smallest absolute Gasteiger partial charge is 0.302 e. The second-order valence-corrected chi connectivity index (χ2v) is 10.6. The van der Waals surface area contributed by atoms with Gasteiger partial charge in [-0.05, 0) is 86.9 Å². The van der Waals surface area contributed by atoms with Crippen molar-refractivity contribution in [2.45, 2.75) is 90.3 Å². The van der Waals surface area contributed by atoms with E-state index >= 15 is 0 Å². The molecule has 0 aromatic rings. The van der Waals surface area contributed by atoms with Crippen LogP contribution in [0.25, 0.3) is 0 Å². The van der Waals surface area contributed by atoms with Crippen molar-refractivity contribution in [1.82, 2.24) is 0 Å². The molecule has 0 N–H and O–H groups in total. The molecule has 0 radical (unpaired) electrons. The Morgan fingerprint density at radius 3 is 2.44 bits per heavy atom. The number of carbonyl (C=O) groups is 1. The van der Waals surface area contributed by atoms with Crippen molar-refractivity contribution < 1.29 is 14.3 Å². The second kappa shape index (κ2) is 5.24. The number of carbonyl (C=O) groups excluding carboxylic acids is 1. The van der Waals surface area contributed by atoms with E-state index in [1.165, 1.54) is 51.4 Å². The molecule has 3 nitrogen and oxygen atoms in total. The highest BCUT2D eigenvalue weighted by atomic mass is 16.6. The molecule has 0 bridgehead atoms. The molecule has 1 heterocycles. The number of fused-ring (bicyclic) bond motifs is 5. The standard InChI is InChI=1S/C22H34O3/c1-14(23)25-19-7-6-17-16-5-4-15-12-22(13-24-22)11-10-20(15,2)18(16)8-9-21(17,19)3/h15-19H,4-13H2,1-3H3. The summed E-state index contributed by atoms with van der Waals surface area (Å²) >= 11 is 0. The van der Waals surface area contributed by atoms with E-state index < -0.39 is 0 Å². The predicted octanol–water partition coefficient (Wildman–Crippen LogP) is 4.73. The van der Waals surface area contributed by atoms with E-state index in [0.717, 1.165) is 36.7 Å². The minimum atomic E-state index is -0.0910. The molecular formula is C22H34O3. The first-order valence-electron chi connectivity index (χ1n) is 10.7. The van der Waals surface area contributed by atoms with E-state index in [1.54, 1.807) is 6.92 Å². The van der Waals surface area contributed by atoms with Crippen LogP contribution in [0.1, 0.15) is 78.6 Å². The van der Waals surface area contributed by atoms with Gasteiger partial charge in [-0.25, -0.2) is 0 Å². The molecule has 140 valence electrons. The van der Waals surface area contributed by atoms with Crippen molar-refractivity contribution in [1.29, 1.82) is 0 Å². The Kier molecular flexibility index (Phi) is 3.48. The molecule has 5 rings (SSSR count). The van der Waals surface area contributed by atoms with Crippen LogP contribution >= 0.6 is 0 Å². The Hall–Kier alpha value is -0.570. The monoisotopic (exact) mass is 346 g/mol. The highest BCUT2D eigenvalue weighted by Gasteiger charge is 2.63. The highest BCUT2D eigenvalue weighted by molar-refractivity contribution is 5.66. The van der Waals surface area contributed by atoms with E-state index in [-0.39, 0.29) is 17.5 Å². The Balaban J connectivity index is 1.39. The number of rotatable bonds is 1. The SMILES string of the molecule is CC(=O)OC1CCC2C3CCC4CC5(CCC4(C)C3CCC12C)CO5. The predicted molar refractivity (Wildman–Crippen MR) is 96.0 cm³/mol. The van der Waals surface area contributed by atoms with Crippen LogP contribution in [-0.2, 0) is 14.3 Å². The van der Waals surface area contributed by atoms with Crippen LogP contribution in [0.5, 0.6) is 0 Å². The van der Waals surface area contributed by atoms with E-state index in [9.17, 15) is 4.79 Å². The molecule has 1 saturated heterocycles.